The van der Waals surface area contributed by atoms with Crippen molar-refractivity contribution in [1.82, 2.24) is 9.62 Å². The van der Waals surface area contributed by atoms with Gasteiger partial charge in [-0.15, -0.1) is 0 Å². The van der Waals surface area contributed by atoms with Crippen molar-refractivity contribution < 1.29 is 22.7 Å². The number of likely N-dealkylation sites (tertiary alicyclic amines) is 1. The fourth-order valence-corrected chi connectivity index (χ4v) is 5.21. The molecule has 31 heavy (non-hydrogen) atoms. The van der Waals surface area contributed by atoms with Gasteiger partial charge in [-0.2, -0.15) is 0 Å². The number of methoxy groups -OCH3 is 2. The van der Waals surface area contributed by atoms with E-state index >= 15 is 0 Å². The lowest BCUT2D eigenvalue weighted by Crippen LogP contribution is -2.30. The van der Waals surface area contributed by atoms with Gasteiger partial charge >= 0.3 is 0 Å². The van der Waals surface area contributed by atoms with Crippen molar-refractivity contribution in [1.29, 1.82) is 0 Å². The van der Waals surface area contributed by atoms with Crippen molar-refractivity contribution in [3.8, 4) is 11.5 Å². The van der Waals surface area contributed by atoms with Gasteiger partial charge in [-0.1, -0.05) is 19.1 Å². The predicted octanol–water partition coefficient (Wildman–Crippen LogP) is 3.68. The second-order valence-corrected chi connectivity index (χ2v) is 9.39. The molecule has 1 fully saturated rings. The van der Waals surface area contributed by atoms with Crippen LogP contribution in [-0.2, 0) is 10.0 Å². The van der Waals surface area contributed by atoms with Crippen molar-refractivity contribution in [2.45, 2.75) is 44.0 Å². The lowest BCUT2D eigenvalue weighted by molar-refractivity contribution is 0.0789. The number of hydrogen-bond acceptors (Lipinski definition) is 5. The molecule has 1 unspecified atom stereocenters. The summed E-state index contributed by atoms with van der Waals surface area (Å²) in [7, 11) is -0.783. The van der Waals surface area contributed by atoms with E-state index in [0.29, 0.717) is 25.3 Å². The van der Waals surface area contributed by atoms with Crippen LogP contribution >= 0.6 is 0 Å². The average molecular weight is 447 g/mol. The molecule has 0 radical (unpaired) electrons. The third kappa shape index (κ3) is 5.02. The molecule has 1 amide bonds. The molecule has 0 aliphatic carbocycles. The molecule has 1 N–H and O–H groups in total. The molecule has 0 aromatic heterocycles. The standard InChI is InChI=1S/C23H30N2O5S/c1-5-20(17-8-10-21(29-3)16(2)14-17)24-31(27,28)18-9-11-22(30-4)19(15-18)23(26)25-12-6-7-13-25/h8-11,14-15,20,24H,5-7,12-13H2,1-4H3. The average Bonchev–Trinajstić information content (AvgIpc) is 3.31. The highest BCUT2D eigenvalue weighted by Gasteiger charge is 2.26. The van der Waals surface area contributed by atoms with E-state index in [9.17, 15) is 13.2 Å². The molecule has 1 atom stereocenters. The number of rotatable bonds is 8. The minimum absolute atomic E-state index is 0.0412. The lowest BCUT2D eigenvalue weighted by Gasteiger charge is -2.20. The van der Waals surface area contributed by atoms with Crippen LogP contribution in [0.1, 0.15) is 53.7 Å². The third-order valence-corrected chi connectivity index (χ3v) is 7.10. The van der Waals surface area contributed by atoms with E-state index in [1.165, 1.54) is 25.3 Å². The maximum atomic E-state index is 13.2. The van der Waals surface area contributed by atoms with Gasteiger partial charge in [0.2, 0.25) is 10.0 Å². The molecule has 0 saturated carbocycles. The summed E-state index contributed by atoms with van der Waals surface area (Å²) in [6.45, 7) is 5.18. The maximum absolute atomic E-state index is 13.2. The SMILES string of the molecule is CCC(NS(=O)(=O)c1ccc(OC)c(C(=O)N2CCCC2)c1)c1ccc(OC)c(C)c1. The van der Waals surface area contributed by atoms with Gasteiger partial charge in [0.25, 0.3) is 5.91 Å². The van der Waals surface area contributed by atoms with Crippen LogP contribution in [-0.4, -0.2) is 46.5 Å². The molecule has 1 aliphatic rings. The van der Waals surface area contributed by atoms with Gasteiger partial charge in [-0.25, -0.2) is 13.1 Å². The van der Waals surface area contributed by atoms with Gasteiger partial charge in [0, 0.05) is 19.1 Å². The minimum atomic E-state index is -3.86. The number of amides is 1. The van der Waals surface area contributed by atoms with Crippen molar-refractivity contribution in [3.63, 3.8) is 0 Å². The molecule has 168 valence electrons. The summed E-state index contributed by atoms with van der Waals surface area (Å²) in [6.07, 6.45) is 2.47. The summed E-state index contributed by atoms with van der Waals surface area (Å²) < 4.78 is 39.8. The number of aryl methyl sites for hydroxylation is 1. The van der Waals surface area contributed by atoms with Crippen LogP contribution in [0.3, 0.4) is 0 Å². The zero-order valence-corrected chi connectivity index (χ0v) is 19.3. The topological polar surface area (TPSA) is 84.9 Å². The van der Waals surface area contributed by atoms with Crippen LogP contribution in [0.15, 0.2) is 41.3 Å². The molecule has 7 nitrogen and oxygen atoms in total. The highest BCUT2D eigenvalue weighted by Crippen LogP contribution is 2.28. The van der Waals surface area contributed by atoms with Crippen molar-refractivity contribution in [3.05, 3.63) is 53.1 Å². The van der Waals surface area contributed by atoms with Crippen LogP contribution in [0.4, 0.5) is 0 Å². The smallest absolute Gasteiger partial charge is 0.257 e. The molecule has 1 heterocycles. The molecule has 1 saturated heterocycles. The first-order valence-corrected chi connectivity index (χ1v) is 11.9. The number of sulfonamides is 1. The van der Waals surface area contributed by atoms with E-state index in [2.05, 4.69) is 4.72 Å². The Labute approximate surface area is 184 Å². The number of hydrogen-bond donors (Lipinski definition) is 1. The Balaban J connectivity index is 1.90. The van der Waals surface area contributed by atoms with Crippen LogP contribution in [0.25, 0.3) is 0 Å². The Hall–Kier alpha value is -2.58. The van der Waals surface area contributed by atoms with Gasteiger partial charge in [-0.3, -0.25) is 4.79 Å². The Morgan fingerprint density at radius 2 is 1.71 bits per heavy atom. The van der Waals surface area contributed by atoms with Crippen LogP contribution in [0, 0.1) is 6.92 Å². The largest absolute Gasteiger partial charge is 0.496 e. The van der Waals surface area contributed by atoms with Gasteiger partial charge < -0.3 is 14.4 Å². The molecule has 0 spiro atoms. The van der Waals surface area contributed by atoms with Crippen molar-refractivity contribution in [2.24, 2.45) is 0 Å². The Morgan fingerprint density at radius 3 is 2.29 bits per heavy atom. The zero-order valence-electron chi connectivity index (χ0n) is 18.5. The molecular formula is C23H30N2O5S. The number of carbonyl (C=O) groups excluding carboxylic acids is 1. The summed E-state index contributed by atoms with van der Waals surface area (Å²) in [4.78, 5) is 14.7. The first kappa shape index (κ1) is 23.1. The fraction of sp³-hybridized carbons (Fsp3) is 0.435. The van der Waals surface area contributed by atoms with Gasteiger partial charge in [0.05, 0.1) is 24.7 Å². The number of nitrogens with zero attached hydrogens (tertiary/aromatic N) is 1. The Morgan fingerprint density at radius 1 is 1.06 bits per heavy atom. The van der Waals surface area contributed by atoms with E-state index in [1.807, 2.05) is 32.0 Å². The molecule has 3 rings (SSSR count). The number of carbonyl (C=O) groups is 1. The van der Waals surface area contributed by atoms with E-state index in [-0.39, 0.29) is 16.4 Å². The molecule has 8 heteroatoms. The minimum Gasteiger partial charge on any atom is -0.496 e. The van der Waals surface area contributed by atoms with Crippen LogP contribution in [0.2, 0.25) is 0 Å². The van der Waals surface area contributed by atoms with E-state index in [0.717, 1.165) is 29.7 Å². The summed E-state index contributed by atoms with van der Waals surface area (Å²) in [5, 5.41) is 0. The quantitative estimate of drug-likeness (QED) is 0.669. The number of benzene rings is 2. The highest BCUT2D eigenvalue weighted by atomic mass is 32.2. The van der Waals surface area contributed by atoms with Crippen molar-refractivity contribution >= 4 is 15.9 Å². The lowest BCUT2D eigenvalue weighted by atomic mass is 10.0. The highest BCUT2D eigenvalue weighted by molar-refractivity contribution is 7.89. The van der Waals surface area contributed by atoms with Crippen LogP contribution < -0.4 is 14.2 Å². The summed E-state index contributed by atoms with van der Waals surface area (Å²) in [6, 6.07) is 9.62. The van der Waals surface area contributed by atoms with Crippen LogP contribution in [0.5, 0.6) is 11.5 Å². The maximum Gasteiger partial charge on any atom is 0.257 e. The first-order valence-electron chi connectivity index (χ1n) is 10.4. The summed E-state index contributed by atoms with van der Waals surface area (Å²) in [5.41, 5.74) is 2.05. The normalized spacial score (nSPS) is 15.0. The zero-order chi connectivity index (χ0) is 22.6. The second kappa shape index (κ2) is 9.70. The Kier molecular flexibility index (Phi) is 7.23. The predicted molar refractivity (Wildman–Crippen MR) is 119 cm³/mol. The van der Waals surface area contributed by atoms with E-state index < -0.39 is 16.1 Å². The van der Waals surface area contributed by atoms with Gasteiger partial charge in [0.15, 0.2) is 0 Å². The summed E-state index contributed by atoms with van der Waals surface area (Å²) in [5.74, 6) is 0.916. The third-order valence-electron chi connectivity index (χ3n) is 5.63. The number of nitrogens with one attached hydrogen (secondary N) is 1. The molecule has 1 aliphatic heterocycles. The van der Waals surface area contributed by atoms with Crippen molar-refractivity contribution in [2.75, 3.05) is 27.3 Å². The fourth-order valence-electron chi connectivity index (χ4n) is 3.87. The van der Waals surface area contributed by atoms with Gasteiger partial charge in [-0.05, 0) is 61.6 Å². The molecule has 0 bridgehead atoms. The molecule has 2 aromatic carbocycles. The van der Waals surface area contributed by atoms with E-state index in [1.54, 1.807) is 12.0 Å². The number of ether oxygens (including phenoxy) is 2. The Bertz CT molecular complexity index is 1050. The van der Waals surface area contributed by atoms with E-state index in [4.69, 9.17) is 9.47 Å². The molecule has 2 aromatic rings. The first-order chi connectivity index (χ1) is 14.8. The molecular weight excluding hydrogens is 416 g/mol. The van der Waals surface area contributed by atoms with Gasteiger partial charge in [0.1, 0.15) is 11.5 Å². The summed E-state index contributed by atoms with van der Waals surface area (Å²) >= 11 is 0. The second-order valence-electron chi connectivity index (χ2n) is 7.67. The monoisotopic (exact) mass is 446 g/mol.